The number of rotatable bonds is 8. The molecule has 2 amide bonds. The molecule has 1 aromatic rings. The van der Waals surface area contributed by atoms with Gasteiger partial charge in [0, 0.05) is 18.3 Å². The molecule has 0 spiro atoms. The highest BCUT2D eigenvalue weighted by Crippen LogP contribution is 2.39. The van der Waals surface area contributed by atoms with Gasteiger partial charge >= 0.3 is 12.0 Å². The number of nitrogens with zero attached hydrogens (tertiary/aromatic N) is 2. The molecule has 1 heterocycles. The lowest BCUT2D eigenvalue weighted by atomic mass is 9.87. The van der Waals surface area contributed by atoms with Crippen molar-refractivity contribution in [2.75, 3.05) is 24.6 Å². The lowest BCUT2D eigenvalue weighted by Crippen LogP contribution is -2.41. The molecule has 2 unspecified atom stereocenters. The molecule has 2 atom stereocenters. The fraction of sp³-hybridized carbons (Fsp3) is 0.625. The molecule has 32 heavy (non-hydrogen) atoms. The highest BCUT2D eigenvalue weighted by molar-refractivity contribution is 5.92. The Morgan fingerprint density at radius 1 is 1.31 bits per heavy atom. The monoisotopic (exact) mass is 442 g/mol. The molecule has 2 N–H and O–H groups in total. The first-order valence-electron chi connectivity index (χ1n) is 11.4. The van der Waals surface area contributed by atoms with E-state index in [-0.39, 0.29) is 30.5 Å². The fourth-order valence-corrected chi connectivity index (χ4v) is 3.84. The number of nitriles is 1. The summed E-state index contributed by atoms with van der Waals surface area (Å²) in [5.74, 6) is 0.486. The Hall–Kier alpha value is -2.79. The van der Waals surface area contributed by atoms with E-state index in [1.165, 1.54) is 0 Å². The topological polar surface area (TPSA) is 104 Å². The van der Waals surface area contributed by atoms with Gasteiger partial charge in [-0.05, 0) is 83.1 Å². The van der Waals surface area contributed by atoms with Gasteiger partial charge in [0.25, 0.3) is 0 Å². The van der Waals surface area contributed by atoms with Crippen LogP contribution < -0.4 is 20.3 Å². The average molecular weight is 443 g/mol. The van der Waals surface area contributed by atoms with Crippen LogP contribution in [0.4, 0.5) is 10.5 Å². The summed E-state index contributed by atoms with van der Waals surface area (Å²) in [6, 6.07) is 7.77. The Morgan fingerprint density at radius 2 is 2.06 bits per heavy atom. The number of benzene rings is 1. The van der Waals surface area contributed by atoms with E-state index in [9.17, 15) is 14.9 Å². The Morgan fingerprint density at radius 3 is 2.69 bits per heavy atom. The molecule has 1 saturated carbocycles. The van der Waals surface area contributed by atoms with Crippen LogP contribution in [-0.2, 0) is 9.53 Å². The highest BCUT2D eigenvalue weighted by atomic mass is 16.6. The van der Waals surface area contributed by atoms with Crippen LogP contribution in [-0.4, -0.2) is 49.4 Å². The largest absolute Gasteiger partial charge is 0.493 e. The van der Waals surface area contributed by atoms with E-state index in [1.807, 2.05) is 45.9 Å². The molecular weight excluding hydrogens is 408 g/mol. The third-order valence-corrected chi connectivity index (χ3v) is 5.52. The van der Waals surface area contributed by atoms with E-state index in [4.69, 9.17) is 9.47 Å². The molecule has 8 nitrogen and oxygen atoms in total. The first kappa shape index (κ1) is 23.9. The molecule has 8 heteroatoms. The number of hydrogen-bond donors (Lipinski definition) is 2. The normalized spacial score (nSPS) is 18.5. The summed E-state index contributed by atoms with van der Waals surface area (Å²) in [5, 5.41) is 15.7. The summed E-state index contributed by atoms with van der Waals surface area (Å²) in [4.78, 5) is 26.4. The van der Waals surface area contributed by atoms with E-state index in [0.29, 0.717) is 19.6 Å². The van der Waals surface area contributed by atoms with Crippen LogP contribution in [0, 0.1) is 11.3 Å². The Bertz CT molecular complexity index is 870. The van der Waals surface area contributed by atoms with Crippen LogP contribution in [0.2, 0.25) is 0 Å². The van der Waals surface area contributed by atoms with Gasteiger partial charge in [0.2, 0.25) is 0 Å². The number of amides is 2. The minimum Gasteiger partial charge on any atom is -0.493 e. The van der Waals surface area contributed by atoms with Crippen LogP contribution >= 0.6 is 0 Å². The molecule has 174 valence electrons. The average Bonchev–Trinajstić information content (AvgIpc) is 3.54. The predicted molar refractivity (Wildman–Crippen MR) is 122 cm³/mol. The number of nitrogens with one attached hydrogen (secondary N) is 2. The van der Waals surface area contributed by atoms with Gasteiger partial charge in [0.05, 0.1) is 25.3 Å². The van der Waals surface area contributed by atoms with E-state index in [2.05, 4.69) is 16.7 Å². The van der Waals surface area contributed by atoms with E-state index in [1.54, 1.807) is 4.90 Å². The SMILES string of the molecule is CCN(C(=O)NC1CC1)c1ccc2c(c1)C(CC(C#N)NCC(=O)OC(C)(C)C)CCO2. The maximum absolute atomic E-state index is 12.6. The fourth-order valence-electron chi connectivity index (χ4n) is 3.84. The number of carbonyl (C=O) groups is 2. The zero-order valence-corrected chi connectivity index (χ0v) is 19.4. The van der Waals surface area contributed by atoms with Crippen LogP contribution in [0.5, 0.6) is 5.75 Å². The molecule has 0 radical (unpaired) electrons. The number of urea groups is 1. The number of carbonyl (C=O) groups excluding carboxylic acids is 2. The summed E-state index contributed by atoms with van der Waals surface area (Å²) in [6.07, 6.45) is 3.38. The van der Waals surface area contributed by atoms with Crippen molar-refractivity contribution in [2.45, 2.75) is 77.0 Å². The molecule has 1 aliphatic carbocycles. The minimum absolute atomic E-state index is 0.0173. The summed E-state index contributed by atoms with van der Waals surface area (Å²) < 4.78 is 11.1. The molecule has 0 aromatic heterocycles. The van der Waals surface area contributed by atoms with E-state index < -0.39 is 11.6 Å². The first-order chi connectivity index (χ1) is 15.2. The van der Waals surface area contributed by atoms with Crippen molar-refractivity contribution in [3.05, 3.63) is 23.8 Å². The first-order valence-corrected chi connectivity index (χ1v) is 11.4. The van der Waals surface area contributed by atoms with Crippen molar-refractivity contribution in [3.63, 3.8) is 0 Å². The standard InChI is InChI=1S/C24H34N4O4/c1-5-28(23(30)27-17-6-7-17)19-8-9-21-20(13-19)16(10-11-31-21)12-18(14-25)26-15-22(29)32-24(2,3)4/h8-9,13,16-18,26H,5-7,10-12,15H2,1-4H3,(H,27,30). The zero-order chi connectivity index (χ0) is 23.3. The molecule has 0 saturated heterocycles. The molecule has 3 rings (SSSR count). The number of fused-ring (bicyclic) bond motifs is 1. The van der Waals surface area contributed by atoms with Crippen LogP contribution in [0.3, 0.4) is 0 Å². The van der Waals surface area contributed by atoms with Gasteiger partial charge in [0.15, 0.2) is 0 Å². The van der Waals surface area contributed by atoms with Gasteiger partial charge in [-0.1, -0.05) is 0 Å². The molecule has 1 aromatic carbocycles. The smallest absolute Gasteiger partial charge is 0.322 e. The summed E-state index contributed by atoms with van der Waals surface area (Å²) >= 11 is 0. The van der Waals surface area contributed by atoms with E-state index >= 15 is 0 Å². The highest BCUT2D eigenvalue weighted by Gasteiger charge is 2.29. The summed E-state index contributed by atoms with van der Waals surface area (Å²) in [6.45, 7) is 8.50. The second kappa shape index (κ2) is 10.2. The van der Waals surface area contributed by atoms with Crippen molar-refractivity contribution in [1.82, 2.24) is 10.6 Å². The summed E-state index contributed by atoms with van der Waals surface area (Å²) in [5.41, 5.74) is 1.24. The molecular formula is C24H34N4O4. The number of anilines is 1. The molecule has 2 aliphatic rings. The van der Waals surface area contributed by atoms with Crippen molar-refractivity contribution in [1.29, 1.82) is 5.26 Å². The Labute approximate surface area is 190 Å². The predicted octanol–water partition coefficient (Wildman–Crippen LogP) is 3.46. The van der Waals surface area contributed by atoms with Gasteiger partial charge in [-0.3, -0.25) is 15.0 Å². The van der Waals surface area contributed by atoms with Crippen molar-refractivity contribution in [3.8, 4) is 11.8 Å². The second-order valence-corrected chi connectivity index (χ2v) is 9.41. The lowest BCUT2D eigenvalue weighted by Gasteiger charge is -2.30. The summed E-state index contributed by atoms with van der Waals surface area (Å²) in [7, 11) is 0. The Kier molecular flexibility index (Phi) is 7.62. The maximum Gasteiger partial charge on any atom is 0.322 e. The van der Waals surface area contributed by atoms with Gasteiger partial charge in [-0.25, -0.2) is 4.79 Å². The van der Waals surface area contributed by atoms with Gasteiger partial charge in [-0.15, -0.1) is 0 Å². The van der Waals surface area contributed by atoms with Crippen LogP contribution in [0.1, 0.15) is 64.9 Å². The Balaban J connectivity index is 1.68. The number of hydrogen-bond acceptors (Lipinski definition) is 6. The number of ether oxygens (including phenoxy) is 2. The molecule has 1 fully saturated rings. The van der Waals surface area contributed by atoms with Crippen LogP contribution in [0.15, 0.2) is 18.2 Å². The molecule has 1 aliphatic heterocycles. The van der Waals surface area contributed by atoms with Gasteiger partial charge in [-0.2, -0.15) is 5.26 Å². The lowest BCUT2D eigenvalue weighted by molar-refractivity contribution is -0.153. The zero-order valence-electron chi connectivity index (χ0n) is 19.4. The third-order valence-electron chi connectivity index (χ3n) is 5.52. The van der Waals surface area contributed by atoms with Crippen molar-refractivity contribution >= 4 is 17.7 Å². The third kappa shape index (κ3) is 6.60. The quantitative estimate of drug-likeness (QED) is 0.598. The van der Waals surface area contributed by atoms with Gasteiger partial charge < -0.3 is 14.8 Å². The van der Waals surface area contributed by atoms with Gasteiger partial charge in [0.1, 0.15) is 11.4 Å². The van der Waals surface area contributed by atoms with Crippen molar-refractivity contribution in [2.24, 2.45) is 0 Å². The number of esters is 1. The second-order valence-electron chi connectivity index (χ2n) is 9.41. The minimum atomic E-state index is -0.562. The maximum atomic E-state index is 12.6. The van der Waals surface area contributed by atoms with E-state index in [0.717, 1.165) is 36.3 Å². The van der Waals surface area contributed by atoms with Crippen LogP contribution in [0.25, 0.3) is 0 Å². The van der Waals surface area contributed by atoms with Crippen molar-refractivity contribution < 1.29 is 19.1 Å². The molecule has 0 bridgehead atoms.